The molecule has 162 valence electrons. The summed E-state index contributed by atoms with van der Waals surface area (Å²) in [4.78, 5) is 25.3. The lowest BCUT2D eigenvalue weighted by Gasteiger charge is -2.16. The molecule has 0 aliphatic heterocycles. The zero-order valence-electron chi connectivity index (χ0n) is 18.3. The monoisotopic (exact) mass is 422 g/mol. The van der Waals surface area contributed by atoms with Crippen molar-refractivity contribution in [1.29, 1.82) is 0 Å². The first kappa shape index (κ1) is 22.1. The standard InChI is InChI=1S/C24H26N2O5/c1-14-10-11-15(2)21(12-14)25-23(27)18(5)30-24(28)19-8-6-7-9-22(19)29-13-20-16(3)26-31-17(20)4/h6-12,18H,13H2,1-5H3,(H,25,27)/t18-/m1/s1. The third-order valence-corrected chi connectivity index (χ3v) is 4.96. The van der Waals surface area contributed by atoms with E-state index in [0.717, 1.165) is 22.4 Å². The van der Waals surface area contributed by atoms with Crippen molar-refractivity contribution < 1.29 is 23.6 Å². The van der Waals surface area contributed by atoms with Gasteiger partial charge in [-0.25, -0.2) is 4.79 Å². The van der Waals surface area contributed by atoms with E-state index in [1.807, 2.05) is 39.0 Å². The number of benzene rings is 2. The number of carbonyl (C=O) groups excluding carboxylic acids is 2. The number of nitrogens with one attached hydrogen (secondary N) is 1. The molecule has 1 aromatic heterocycles. The van der Waals surface area contributed by atoms with Gasteiger partial charge >= 0.3 is 5.97 Å². The highest BCUT2D eigenvalue weighted by Crippen LogP contribution is 2.23. The van der Waals surface area contributed by atoms with Gasteiger partial charge in [0.05, 0.1) is 11.3 Å². The third kappa shape index (κ3) is 5.31. The fraction of sp³-hybridized carbons (Fsp3) is 0.292. The first-order chi connectivity index (χ1) is 14.8. The van der Waals surface area contributed by atoms with Crippen LogP contribution >= 0.6 is 0 Å². The van der Waals surface area contributed by atoms with Gasteiger partial charge in [-0.15, -0.1) is 0 Å². The van der Waals surface area contributed by atoms with E-state index in [4.69, 9.17) is 14.0 Å². The Morgan fingerprint density at radius 3 is 2.55 bits per heavy atom. The highest BCUT2D eigenvalue weighted by atomic mass is 16.5. The Hall–Kier alpha value is -3.61. The van der Waals surface area contributed by atoms with Crippen LogP contribution in [0.1, 0.15) is 45.4 Å². The first-order valence-corrected chi connectivity index (χ1v) is 9.99. The number of anilines is 1. The number of aryl methyl sites for hydroxylation is 4. The molecular weight excluding hydrogens is 396 g/mol. The Labute approximate surface area is 181 Å². The Morgan fingerprint density at radius 2 is 1.84 bits per heavy atom. The molecule has 0 unspecified atom stereocenters. The summed E-state index contributed by atoms with van der Waals surface area (Å²) in [5.74, 6) is -0.0296. The molecule has 0 spiro atoms. The molecule has 7 nitrogen and oxygen atoms in total. The summed E-state index contributed by atoms with van der Waals surface area (Å²) in [6, 6.07) is 12.5. The Bertz CT molecular complexity index is 1080. The van der Waals surface area contributed by atoms with Crippen molar-refractivity contribution in [3.63, 3.8) is 0 Å². The topological polar surface area (TPSA) is 90.7 Å². The van der Waals surface area contributed by atoms with E-state index in [9.17, 15) is 9.59 Å². The van der Waals surface area contributed by atoms with Crippen molar-refractivity contribution in [2.24, 2.45) is 0 Å². The van der Waals surface area contributed by atoms with Crippen molar-refractivity contribution in [3.05, 3.63) is 76.2 Å². The Morgan fingerprint density at radius 1 is 1.10 bits per heavy atom. The summed E-state index contributed by atoms with van der Waals surface area (Å²) in [7, 11) is 0. The number of ether oxygens (including phenoxy) is 2. The van der Waals surface area contributed by atoms with Crippen LogP contribution in [0, 0.1) is 27.7 Å². The van der Waals surface area contributed by atoms with Crippen LogP contribution in [-0.2, 0) is 16.1 Å². The van der Waals surface area contributed by atoms with E-state index < -0.39 is 18.0 Å². The zero-order valence-corrected chi connectivity index (χ0v) is 18.3. The minimum absolute atomic E-state index is 0.203. The van der Waals surface area contributed by atoms with Gasteiger partial charge in [-0.05, 0) is 63.9 Å². The van der Waals surface area contributed by atoms with Crippen LogP contribution in [0.25, 0.3) is 0 Å². The van der Waals surface area contributed by atoms with Gasteiger partial charge in [-0.2, -0.15) is 0 Å². The van der Waals surface area contributed by atoms with Crippen LogP contribution in [0.15, 0.2) is 47.0 Å². The summed E-state index contributed by atoms with van der Waals surface area (Å²) < 4.78 is 16.4. The predicted octanol–water partition coefficient (Wildman–Crippen LogP) is 4.67. The van der Waals surface area contributed by atoms with Gasteiger partial charge < -0.3 is 19.3 Å². The summed E-state index contributed by atoms with van der Waals surface area (Å²) in [5.41, 5.74) is 4.43. The van der Waals surface area contributed by atoms with E-state index in [2.05, 4.69) is 10.5 Å². The summed E-state index contributed by atoms with van der Waals surface area (Å²) in [6.07, 6.45) is -0.983. The summed E-state index contributed by atoms with van der Waals surface area (Å²) in [6.45, 7) is 9.21. The highest BCUT2D eigenvalue weighted by Gasteiger charge is 2.22. The lowest BCUT2D eigenvalue weighted by molar-refractivity contribution is -0.123. The molecule has 2 aromatic carbocycles. The number of carbonyl (C=O) groups is 2. The Kier molecular flexibility index (Phi) is 6.74. The number of rotatable bonds is 7. The summed E-state index contributed by atoms with van der Waals surface area (Å²) in [5, 5.41) is 6.71. The SMILES string of the molecule is Cc1ccc(C)c(NC(=O)[C@@H](C)OC(=O)c2ccccc2OCc2c(C)noc2C)c1. The van der Waals surface area contributed by atoms with Crippen LogP contribution in [-0.4, -0.2) is 23.1 Å². The molecule has 1 N–H and O–H groups in total. The average molecular weight is 422 g/mol. The lowest BCUT2D eigenvalue weighted by Crippen LogP contribution is -2.30. The molecule has 1 amide bonds. The number of amides is 1. The van der Waals surface area contributed by atoms with E-state index in [1.165, 1.54) is 6.92 Å². The number of esters is 1. The van der Waals surface area contributed by atoms with Gasteiger partial charge in [-0.1, -0.05) is 29.4 Å². The normalized spacial score (nSPS) is 11.6. The maximum absolute atomic E-state index is 12.7. The van der Waals surface area contributed by atoms with Crippen molar-refractivity contribution in [2.45, 2.75) is 47.3 Å². The third-order valence-electron chi connectivity index (χ3n) is 4.96. The van der Waals surface area contributed by atoms with Crippen LogP contribution in [0.4, 0.5) is 5.69 Å². The first-order valence-electron chi connectivity index (χ1n) is 9.99. The maximum Gasteiger partial charge on any atom is 0.342 e. The fourth-order valence-corrected chi connectivity index (χ4v) is 3.00. The maximum atomic E-state index is 12.7. The van der Waals surface area contributed by atoms with Crippen LogP contribution in [0.3, 0.4) is 0 Å². The van der Waals surface area contributed by atoms with Crippen molar-refractivity contribution in [1.82, 2.24) is 5.16 Å². The molecule has 0 aliphatic rings. The van der Waals surface area contributed by atoms with Crippen LogP contribution < -0.4 is 10.1 Å². The van der Waals surface area contributed by atoms with E-state index in [0.29, 0.717) is 17.2 Å². The molecule has 31 heavy (non-hydrogen) atoms. The number of hydrogen-bond donors (Lipinski definition) is 1. The molecule has 1 heterocycles. The minimum atomic E-state index is -0.983. The molecule has 0 radical (unpaired) electrons. The second-order valence-electron chi connectivity index (χ2n) is 7.44. The molecule has 7 heteroatoms. The van der Waals surface area contributed by atoms with Crippen LogP contribution in [0.2, 0.25) is 0 Å². The highest BCUT2D eigenvalue weighted by molar-refractivity contribution is 5.98. The molecular formula is C24H26N2O5. The number of hydrogen-bond acceptors (Lipinski definition) is 6. The minimum Gasteiger partial charge on any atom is -0.488 e. The molecule has 3 aromatic rings. The predicted molar refractivity (Wildman–Crippen MR) is 116 cm³/mol. The molecule has 0 fully saturated rings. The van der Waals surface area contributed by atoms with E-state index >= 15 is 0 Å². The van der Waals surface area contributed by atoms with Crippen molar-refractivity contribution >= 4 is 17.6 Å². The molecule has 0 bridgehead atoms. The fourth-order valence-electron chi connectivity index (χ4n) is 3.00. The number of para-hydroxylation sites is 1. The van der Waals surface area contributed by atoms with Gasteiger partial charge in [0.1, 0.15) is 23.7 Å². The average Bonchev–Trinajstić information content (AvgIpc) is 3.06. The molecule has 0 aliphatic carbocycles. The second-order valence-corrected chi connectivity index (χ2v) is 7.44. The second kappa shape index (κ2) is 9.47. The van der Waals surface area contributed by atoms with E-state index in [1.54, 1.807) is 31.2 Å². The molecule has 3 rings (SSSR count). The van der Waals surface area contributed by atoms with Crippen molar-refractivity contribution in [3.8, 4) is 5.75 Å². The quantitative estimate of drug-likeness (QED) is 0.557. The van der Waals surface area contributed by atoms with Gasteiger partial charge in [0.15, 0.2) is 6.10 Å². The summed E-state index contributed by atoms with van der Waals surface area (Å²) >= 11 is 0. The van der Waals surface area contributed by atoms with Gasteiger partial charge in [0.2, 0.25) is 0 Å². The molecule has 0 saturated heterocycles. The lowest BCUT2D eigenvalue weighted by atomic mass is 10.1. The smallest absolute Gasteiger partial charge is 0.342 e. The van der Waals surface area contributed by atoms with E-state index in [-0.39, 0.29) is 12.2 Å². The Balaban J connectivity index is 1.67. The number of aromatic nitrogens is 1. The molecule has 0 saturated carbocycles. The van der Waals surface area contributed by atoms with Crippen LogP contribution in [0.5, 0.6) is 5.75 Å². The van der Waals surface area contributed by atoms with Gasteiger partial charge in [0, 0.05) is 5.69 Å². The largest absolute Gasteiger partial charge is 0.488 e. The van der Waals surface area contributed by atoms with Crippen molar-refractivity contribution in [2.75, 3.05) is 5.32 Å². The van der Waals surface area contributed by atoms with Gasteiger partial charge in [-0.3, -0.25) is 4.79 Å². The number of nitrogens with zero attached hydrogens (tertiary/aromatic N) is 1. The van der Waals surface area contributed by atoms with Gasteiger partial charge in [0.25, 0.3) is 5.91 Å². The zero-order chi connectivity index (χ0) is 22.5. The molecule has 1 atom stereocenters.